The summed E-state index contributed by atoms with van der Waals surface area (Å²) in [7, 11) is 0. The summed E-state index contributed by atoms with van der Waals surface area (Å²) in [5, 5.41) is 9.95. The Hall–Kier alpha value is -2.62. The highest BCUT2D eigenvalue weighted by Gasteiger charge is 2.15. The fraction of sp³-hybridized carbons (Fsp3) is 0.118. The van der Waals surface area contributed by atoms with Crippen LogP contribution in [0.2, 0.25) is 0 Å². The lowest BCUT2D eigenvalue weighted by molar-refractivity contribution is 0.0699. The van der Waals surface area contributed by atoms with Gasteiger partial charge in [-0.3, -0.25) is 0 Å². The summed E-state index contributed by atoms with van der Waals surface area (Å²) in [6.45, 7) is 2.64. The minimum Gasteiger partial charge on any atom is -0.478 e. The Morgan fingerprint density at radius 2 is 2.00 bits per heavy atom. The summed E-state index contributed by atoms with van der Waals surface area (Å²) in [6.07, 6.45) is 1.62. The fourth-order valence-electron chi connectivity index (χ4n) is 2.59. The van der Waals surface area contributed by atoms with E-state index < -0.39 is 5.97 Å². The number of halogens is 1. The number of aryl methyl sites for hydroxylation is 1. The van der Waals surface area contributed by atoms with Gasteiger partial charge in [0, 0.05) is 29.2 Å². The summed E-state index contributed by atoms with van der Waals surface area (Å²) in [6, 6.07) is 11.9. The quantitative estimate of drug-likeness (QED) is 0.784. The first-order valence-corrected chi connectivity index (χ1v) is 6.73. The zero-order valence-corrected chi connectivity index (χ0v) is 11.5. The number of carboxylic acids is 1. The number of rotatable bonds is 3. The molecule has 0 fully saturated rings. The standard InChI is InChI=1S/C17H14FNO2/c1-2-19-10-14(17(20)21)13-9-11(7-8-16(13)19)12-5-3-4-6-15(12)18/h3-10H,2H2,1H3,(H,20,21). The maximum Gasteiger partial charge on any atom is 0.337 e. The van der Waals surface area contributed by atoms with Gasteiger partial charge in [0.1, 0.15) is 5.82 Å². The van der Waals surface area contributed by atoms with Crippen LogP contribution in [0.1, 0.15) is 17.3 Å². The summed E-state index contributed by atoms with van der Waals surface area (Å²) in [5.41, 5.74) is 2.23. The first-order chi connectivity index (χ1) is 10.1. The number of hydrogen-bond donors (Lipinski definition) is 1. The Balaban J connectivity index is 2.27. The molecule has 0 aliphatic heterocycles. The number of nitrogens with zero attached hydrogens (tertiary/aromatic N) is 1. The van der Waals surface area contributed by atoms with Gasteiger partial charge in [-0.05, 0) is 30.7 Å². The predicted octanol–water partition coefficient (Wildman–Crippen LogP) is 4.17. The fourth-order valence-corrected chi connectivity index (χ4v) is 2.59. The maximum absolute atomic E-state index is 13.9. The predicted molar refractivity (Wildman–Crippen MR) is 80.0 cm³/mol. The Bertz CT molecular complexity index is 836. The van der Waals surface area contributed by atoms with Crippen LogP contribution in [-0.4, -0.2) is 15.6 Å². The lowest BCUT2D eigenvalue weighted by Gasteiger charge is -2.05. The smallest absolute Gasteiger partial charge is 0.337 e. The molecule has 0 atom stereocenters. The molecular weight excluding hydrogens is 269 g/mol. The van der Waals surface area contributed by atoms with Crippen LogP contribution in [-0.2, 0) is 6.54 Å². The molecule has 0 radical (unpaired) electrons. The van der Waals surface area contributed by atoms with Crippen LogP contribution in [0.25, 0.3) is 22.0 Å². The van der Waals surface area contributed by atoms with Gasteiger partial charge in [0.05, 0.1) is 5.56 Å². The van der Waals surface area contributed by atoms with Crippen LogP contribution in [0.15, 0.2) is 48.7 Å². The zero-order valence-electron chi connectivity index (χ0n) is 11.5. The van der Waals surface area contributed by atoms with E-state index >= 15 is 0 Å². The molecule has 1 heterocycles. The van der Waals surface area contributed by atoms with Crippen molar-refractivity contribution in [2.75, 3.05) is 0 Å². The van der Waals surface area contributed by atoms with E-state index in [2.05, 4.69) is 0 Å². The van der Waals surface area contributed by atoms with Gasteiger partial charge in [0.15, 0.2) is 0 Å². The van der Waals surface area contributed by atoms with E-state index in [9.17, 15) is 14.3 Å². The van der Waals surface area contributed by atoms with Crippen LogP contribution >= 0.6 is 0 Å². The number of carbonyl (C=O) groups is 1. The van der Waals surface area contributed by atoms with Gasteiger partial charge >= 0.3 is 5.97 Å². The third-order valence-electron chi connectivity index (χ3n) is 3.64. The first-order valence-electron chi connectivity index (χ1n) is 6.73. The molecule has 2 aromatic carbocycles. The van der Waals surface area contributed by atoms with Crippen LogP contribution in [0.4, 0.5) is 4.39 Å². The molecule has 0 saturated carbocycles. The third kappa shape index (κ3) is 2.18. The lowest BCUT2D eigenvalue weighted by Crippen LogP contribution is -1.94. The van der Waals surface area contributed by atoms with Crippen molar-refractivity contribution >= 4 is 16.9 Å². The highest BCUT2D eigenvalue weighted by molar-refractivity contribution is 6.04. The average Bonchev–Trinajstić information content (AvgIpc) is 2.85. The van der Waals surface area contributed by atoms with Gasteiger partial charge in [0.2, 0.25) is 0 Å². The molecule has 1 N–H and O–H groups in total. The molecule has 1 aromatic heterocycles. The van der Waals surface area contributed by atoms with E-state index in [1.807, 2.05) is 23.6 Å². The highest BCUT2D eigenvalue weighted by atomic mass is 19.1. The van der Waals surface area contributed by atoms with Crippen molar-refractivity contribution in [2.45, 2.75) is 13.5 Å². The van der Waals surface area contributed by atoms with E-state index in [1.165, 1.54) is 6.07 Å². The molecule has 0 amide bonds. The van der Waals surface area contributed by atoms with Crippen molar-refractivity contribution in [3.05, 3.63) is 60.0 Å². The number of benzene rings is 2. The van der Waals surface area contributed by atoms with Crippen LogP contribution < -0.4 is 0 Å². The topological polar surface area (TPSA) is 42.2 Å². The first kappa shape index (κ1) is 13.4. The molecule has 3 aromatic rings. The summed E-state index contributed by atoms with van der Waals surface area (Å²) in [5.74, 6) is -1.29. The minimum atomic E-state index is -0.974. The molecule has 106 valence electrons. The second kappa shape index (κ2) is 5.05. The van der Waals surface area contributed by atoms with Crippen molar-refractivity contribution in [3.8, 4) is 11.1 Å². The van der Waals surface area contributed by atoms with Crippen molar-refractivity contribution in [2.24, 2.45) is 0 Å². The molecule has 0 bridgehead atoms. The van der Waals surface area contributed by atoms with Crippen molar-refractivity contribution in [1.82, 2.24) is 4.57 Å². The Morgan fingerprint density at radius 1 is 1.24 bits per heavy atom. The number of hydrogen-bond acceptors (Lipinski definition) is 1. The van der Waals surface area contributed by atoms with E-state index in [0.717, 1.165) is 5.52 Å². The second-order valence-electron chi connectivity index (χ2n) is 4.85. The van der Waals surface area contributed by atoms with E-state index in [4.69, 9.17) is 0 Å². The Kier molecular flexibility index (Phi) is 3.22. The van der Waals surface area contributed by atoms with Crippen molar-refractivity contribution in [3.63, 3.8) is 0 Å². The SMILES string of the molecule is CCn1cc(C(=O)O)c2cc(-c3ccccc3F)ccc21. The Morgan fingerprint density at radius 3 is 2.67 bits per heavy atom. The van der Waals surface area contributed by atoms with Gasteiger partial charge in [-0.1, -0.05) is 24.3 Å². The van der Waals surface area contributed by atoms with Crippen LogP contribution in [0, 0.1) is 5.82 Å². The van der Waals surface area contributed by atoms with Crippen LogP contribution in [0.3, 0.4) is 0 Å². The largest absolute Gasteiger partial charge is 0.478 e. The van der Waals surface area contributed by atoms with Gasteiger partial charge in [0.25, 0.3) is 0 Å². The van der Waals surface area contributed by atoms with E-state index in [0.29, 0.717) is 23.1 Å². The molecule has 3 rings (SSSR count). The van der Waals surface area contributed by atoms with Gasteiger partial charge in [-0.25, -0.2) is 9.18 Å². The molecule has 0 aliphatic carbocycles. The van der Waals surface area contributed by atoms with E-state index in [1.54, 1.807) is 30.5 Å². The monoisotopic (exact) mass is 283 g/mol. The van der Waals surface area contributed by atoms with Crippen molar-refractivity contribution in [1.29, 1.82) is 0 Å². The average molecular weight is 283 g/mol. The van der Waals surface area contributed by atoms with Gasteiger partial charge in [-0.2, -0.15) is 0 Å². The maximum atomic E-state index is 13.9. The molecule has 21 heavy (non-hydrogen) atoms. The van der Waals surface area contributed by atoms with Gasteiger partial charge in [-0.15, -0.1) is 0 Å². The number of fused-ring (bicyclic) bond motifs is 1. The molecule has 0 aliphatic rings. The summed E-state index contributed by atoms with van der Waals surface area (Å²) in [4.78, 5) is 11.4. The molecular formula is C17H14FNO2. The van der Waals surface area contributed by atoms with Crippen molar-refractivity contribution < 1.29 is 14.3 Å². The summed E-state index contributed by atoms with van der Waals surface area (Å²) >= 11 is 0. The zero-order chi connectivity index (χ0) is 15.0. The second-order valence-corrected chi connectivity index (χ2v) is 4.85. The lowest BCUT2D eigenvalue weighted by atomic mass is 10.0. The Labute approximate surface area is 121 Å². The third-order valence-corrected chi connectivity index (χ3v) is 3.64. The number of carboxylic acid groups (broad SMARTS) is 1. The molecule has 0 unspecified atom stereocenters. The summed E-state index contributed by atoms with van der Waals surface area (Å²) < 4.78 is 15.8. The normalized spacial score (nSPS) is 11.0. The highest BCUT2D eigenvalue weighted by Crippen LogP contribution is 2.29. The number of aromatic carboxylic acids is 1. The van der Waals surface area contributed by atoms with Gasteiger partial charge < -0.3 is 9.67 Å². The van der Waals surface area contributed by atoms with E-state index in [-0.39, 0.29) is 11.4 Å². The minimum absolute atomic E-state index is 0.241. The molecule has 3 nitrogen and oxygen atoms in total. The molecule has 4 heteroatoms. The number of aromatic nitrogens is 1. The molecule has 0 saturated heterocycles. The van der Waals surface area contributed by atoms with Crippen LogP contribution in [0.5, 0.6) is 0 Å². The molecule has 0 spiro atoms.